The Morgan fingerprint density at radius 2 is 1.71 bits per heavy atom. The van der Waals surface area contributed by atoms with E-state index >= 15 is 0 Å². The Hall–Kier alpha value is -3.26. The van der Waals surface area contributed by atoms with Crippen molar-refractivity contribution < 1.29 is 0 Å². The summed E-state index contributed by atoms with van der Waals surface area (Å²) in [5, 5.41) is 17.9. The maximum absolute atomic E-state index is 5.29. The molecular formula is C16H13N7S. The summed E-state index contributed by atoms with van der Waals surface area (Å²) in [7, 11) is 0. The average molecular weight is 335 g/mol. The van der Waals surface area contributed by atoms with Crippen LogP contribution in [0.25, 0.3) is 16.4 Å². The molecule has 2 aromatic heterocycles. The van der Waals surface area contributed by atoms with Crippen LogP contribution in [0.15, 0.2) is 60.9 Å². The Morgan fingerprint density at radius 3 is 2.54 bits per heavy atom. The van der Waals surface area contributed by atoms with Gasteiger partial charge < -0.3 is 5.32 Å². The first-order valence-corrected chi connectivity index (χ1v) is 7.69. The second kappa shape index (κ2) is 6.09. The van der Waals surface area contributed by atoms with Crippen molar-refractivity contribution in [2.24, 2.45) is 0 Å². The number of hydrogen-bond donors (Lipinski definition) is 3. The van der Waals surface area contributed by atoms with Crippen LogP contribution in [-0.2, 0) is 0 Å². The minimum atomic E-state index is 0.441. The second-order valence-electron chi connectivity index (χ2n) is 5.06. The van der Waals surface area contributed by atoms with Gasteiger partial charge in [0.1, 0.15) is 6.33 Å². The van der Waals surface area contributed by atoms with E-state index in [0.29, 0.717) is 16.6 Å². The Kier molecular flexibility index (Phi) is 3.64. The van der Waals surface area contributed by atoms with E-state index in [4.69, 9.17) is 12.2 Å². The van der Waals surface area contributed by atoms with E-state index in [0.717, 1.165) is 16.5 Å². The van der Waals surface area contributed by atoms with E-state index in [9.17, 15) is 0 Å². The number of fused-ring (bicyclic) bond motifs is 3. The third kappa shape index (κ3) is 2.70. The lowest BCUT2D eigenvalue weighted by atomic mass is 10.2. The highest BCUT2D eigenvalue weighted by Crippen LogP contribution is 2.23. The Labute approximate surface area is 142 Å². The Bertz CT molecular complexity index is 1010. The van der Waals surface area contributed by atoms with Gasteiger partial charge in [0.2, 0.25) is 0 Å². The van der Waals surface area contributed by atoms with E-state index in [1.165, 1.54) is 0 Å². The fourth-order valence-corrected chi connectivity index (χ4v) is 2.59. The molecule has 0 radical (unpaired) electrons. The minimum Gasteiger partial charge on any atom is -0.331 e. The molecule has 24 heavy (non-hydrogen) atoms. The van der Waals surface area contributed by atoms with Crippen LogP contribution in [0.3, 0.4) is 0 Å². The molecule has 0 aliphatic rings. The molecule has 0 fully saturated rings. The van der Waals surface area contributed by atoms with Crippen molar-refractivity contribution in [2.45, 2.75) is 0 Å². The Morgan fingerprint density at radius 1 is 0.958 bits per heavy atom. The van der Waals surface area contributed by atoms with Crippen LogP contribution in [0.4, 0.5) is 11.5 Å². The maximum atomic E-state index is 5.29. The number of thiocarbonyl (C=S) groups is 1. The number of hydrogen-bond acceptors (Lipinski definition) is 5. The van der Waals surface area contributed by atoms with Gasteiger partial charge in [-0.15, -0.1) is 15.3 Å². The smallest absolute Gasteiger partial charge is 0.189 e. The summed E-state index contributed by atoms with van der Waals surface area (Å²) < 4.78 is 1.63. The standard InChI is InChI=1S/C16H13N7S/c24-16(18-11-6-2-1-3-7-11)21-19-14-12-8-4-5-9-13(12)15-20-17-10-23(15)22-14/h1-10H,(H,19,22)(H2,18,21,24). The van der Waals surface area contributed by atoms with Gasteiger partial charge in [-0.3, -0.25) is 10.9 Å². The number of benzene rings is 2. The molecule has 2 aromatic carbocycles. The van der Waals surface area contributed by atoms with Crippen LogP contribution < -0.4 is 16.2 Å². The first-order valence-electron chi connectivity index (χ1n) is 7.28. The molecule has 0 amide bonds. The van der Waals surface area contributed by atoms with Crippen LogP contribution in [-0.4, -0.2) is 24.9 Å². The highest BCUT2D eigenvalue weighted by molar-refractivity contribution is 7.80. The lowest BCUT2D eigenvalue weighted by Gasteiger charge is -2.13. The van der Waals surface area contributed by atoms with E-state index < -0.39 is 0 Å². The van der Waals surface area contributed by atoms with Gasteiger partial charge in [-0.2, -0.15) is 4.52 Å². The zero-order chi connectivity index (χ0) is 16.4. The maximum Gasteiger partial charge on any atom is 0.189 e. The van der Waals surface area contributed by atoms with Crippen molar-refractivity contribution in [3.63, 3.8) is 0 Å². The molecule has 0 spiro atoms. The van der Waals surface area contributed by atoms with Crippen molar-refractivity contribution in [3.8, 4) is 0 Å². The predicted octanol–water partition coefficient (Wildman–Crippen LogP) is 2.59. The summed E-state index contributed by atoms with van der Waals surface area (Å²) in [5.41, 5.74) is 7.61. The van der Waals surface area contributed by atoms with Crippen LogP contribution in [0.5, 0.6) is 0 Å². The summed E-state index contributed by atoms with van der Waals surface area (Å²) in [6.07, 6.45) is 1.56. The van der Waals surface area contributed by atoms with Gasteiger partial charge in [-0.1, -0.05) is 42.5 Å². The van der Waals surface area contributed by atoms with Crippen molar-refractivity contribution >= 4 is 45.3 Å². The van der Waals surface area contributed by atoms with E-state index in [-0.39, 0.29) is 0 Å². The molecule has 0 saturated heterocycles. The molecule has 0 saturated carbocycles. The topological polar surface area (TPSA) is 79.2 Å². The molecule has 0 bridgehead atoms. The fourth-order valence-electron chi connectivity index (χ4n) is 2.42. The van der Waals surface area contributed by atoms with Gasteiger partial charge in [0, 0.05) is 16.5 Å². The summed E-state index contributed by atoms with van der Waals surface area (Å²) in [4.78, 5) is 0. The first kappa shape index (κ1) is 14.3. The normalized spacial score (nSPS) is 10.7. The average Bonchev–Trinajstić information content (AvgIpc) is 3.09. The van der Waals surface area contributed by atoms with E-state index in [1.54, 1.807) is 10.8 Å². The molecule has 118 valence electrons. The molecule has 0 aliphatic carbocycles. The second-order valence-corrected chi connectivity index (χ2v) is 5.47. The van der Waals surface area contributed by atoms with Gasteiger partial charge in [-0.05, 0) is 24.4 Å². The highest BCUT2D eigenvalue weighted by atomic mass is 32.1. The number of rotatable bonds is 3. The zero-order valence-corrected chi connectivity index (χ0v) is 13.3. The molecule has 4 aromatic rings. The number of anilines is 2. The van der Waals surface area contributed by atoms with Crippen molar-refractivity contribution in [2.75, 3.05) is 10.7 Å². The summed E-state index contributed by atoms with van der Waals surface area (Å²) >= 11 is 5.29. The molecule has 7 nitrogen and oxygen atoms in total. The number of nitrogens with zero attached hydrogens (tertiary/aromatic N) is 4. The van der Waals surface area contributed by atoms with Crippen molar-refractivity contribution in [1.82, 2.24) is 25.2 Å². The summed E-state index contributed by atoms with van der Waals surface area (Å²) in [5.74, 6) is 0.634. The number of para-hydroxylation sites is 1. The van der Waals surface area contributed by atoms with E-state index in [2.05, 4.69) is 31.5 Å². The zero-order valence-electron chi connectivity index (χ0n) is 12.5. The van der Waals surface area contributed by atoms with Gasteiger partial charge >= 0.3 is 0 Å². The molecule has 0 unspecified atom stereocenters. The molecule has 4 rings (SSSR count). The van der Waals surface area contributed by atoms with Crippen molar-refractivity contribution in [3.05, 3.63) is 60.9 Å². The highest BCUT2D eigenvalue weighted by Gasteiger charge is 2.09. The van der Waals surface area contributed by atoms with Gasteiger partial charge in [0.25, 0.3) is 0 Å². The SMILES string of the molecule is S=C(NNc1nn2cnnc2c2ccccc12)Nc1ccccc1. The fraction of sp³-hybridized carbons (Fsp3) is 0. The third-order valence-electron chi connectivity index (χ3n) is 3.49. The largest absolute Gasteiger partial charge is 0.331 e. The molecule has 0 aliphatic heterocycles. The van der Waals surface area contributed by atoms with E-state index in [1.807, 2.05) is 54.6 Å². The quantitative estimate of drug-likeness (QED) is 0.392. The summed E-state index contributed by atoms with van der Waals surface area (Å²) in [6, 6.07) is 17.5. The first-order chi connectivity index (χ1) is 11.8. The lowest BCUT2D eigenvalue weighted by molar-refractivity contribution is 0.922. The van der Waals surface area contributed by atoms with Crippen molar-refractivity contribution in [1.29, 1.82) is 0 Å². The Balaban J connectivity index is 1.58. The number of nitrogens with one attached hydrogen (secondary N) is 3. The van der Waals surface area contributed by atoms with Gasteiger partial charge in [0.15, 0.2) is 16.6 Å². The predicted molar refractivity (Wildman–Crippen MR) is 97.7 cm³/mol. The molecule has 2 heterocycles. The van der Waals surface area contributed by atoms with Gasteiger partial charge in [0.05, 0.1) is 0 Å². The molecule has 0 atom stereocenters. The van der Waals surface area contributed by atoms with Gasteiger partial charge in [-0.25, -0.2) is 0 Å². The number of aromatic nitrogens is 4. The lowest BCUT2D eigenvalue weighted by Crippen LogP contribution is -2.33. The molecule has 3 N–H and O–H groups in total. The molecule has 8 heteroatoms. The third-order valence-corrected chi connectivity index (χ3v) is 3.69. The van der Waals surface area contributed by atoms with Crippen LogP contribution in [0, 0.1) is 0 Å². The van der Waals surface area contributed by atoms with Crippen LogP contribution in [0.2, 0.25) is 0 Å². The monoisotopic (exact) mass is 335 g/mol. The van der Waals surface area contributed by atoms with Crippen LogP contribution in [0.1, 0.15) is 0 Å². The van der Waals surface area contributed by atoms with Crippen LogP contribution >= 0.6 is 12.2 Å². The molecular weight excluding hydrogens is 322 g/mol. The minimum absolute atomic E-state index is 0.441. The summed E-state index contributed by atoms with van der Waals surface area (Å²) in [6.45, 7) is 0. The number of hydrazine groups is 1.